The van der Waals surface area contributed by atoms with E-state index in [1.807, 2.05) is 42.5 Å². The molecule has 1 aliphatic rings. The van der Waals surface area contributed by atoms with Crippen LogP contribution in [0.5, 0.6) is 6.01 Å². The SMILES string of the molecule is NS(=O)(=O)c1ccc(-n2nc(OCc3ccccc3)nc2C2=CC=CCC2)cc1. The lowest BCUT2D eigenvalue weighted by Gasteiger charge is -2.10. The molecular weight excluding hydrogens is 388 g/mol. The molecule has 0 saturated carbocycles. The normalized spacial score (nSPS) is 13.9. The number of ether oxygens (including phenoxy) is 1. The van der Waals surface area contributed by atoms with Crippen molar-refractivity contribution < 1.29 is 13.2 Å². The Bertz CT molecular complexity index is 1160. The van der Waals surface area contributed by atoms with Gasteiger partial charge in [0.25, 0.3) is 0 Å². The van der Waals surface area contributed by atoms with Crippen LogP contribution in [-0.2, 0) is 16.6 Å². The Morgan fingerprint density at radius 1 is 1.07 bits per heavy atom. The van der Waals surface area contributed by atoms with E-state index in [-0.39, 0.29) is 10.9 Å². The maximum absolute atomic E-state index is 11.5. The highest BCUT2D eigenvalue weighted by Gasteiger charge is 2.18. The van der Waals surface area contributed by atoms with Crippen molar-refractivity contribution in [2.45, 2.75) is 24.3 Å². The number of nitrogens with zero attached hydrogens (tertiary/aromatic N) is 3. The summed E-state index contributed by atoms with van der Waals surface area (Å²) >= 11 is 0. The van der Waals surface area contributed by atoms with E-state index in [4.69, 9.17) is 9.88 Å². The summed E-state index contributed by atoms with van der Waals surface area (Å²) < 4.78 is 30.5. The van der Waals surface area contributed by atoms with Crippen molar-refractivity contribution in [1.29, 1.82) is 0 Å². The molecule has 2 N–H and O–H groups in total. The summed E-state index contributed by atoms with van der Waals surface area (Å²) in [5, 5.41) is 9.69. The van der Waals surface area contributed by atoms with Crippen molar-refractivity contribution in [1.82, 2.24) is 14.8 Å². The number of rotatable bonds is 6. The Kier molecular flexibility index (Phi) is 5.28. The molecule has 0 bridgehead atoms. The fourth-order valence-electron chi connectivity index (χ4n) is 3.03. The van der Waals surface area contributed by atoms with Gasteiger partial charge in [-0.1, -0.05) is 48.6 Å². The van der Waals surface area contributed by atoms with Gasteiger partial charge in [0, 0.05) is 0 Å². The molecule has 1 aromatic heterocycles. The summed E-state index contributed by atoms with van der Waals surface area (Å²) in [4.78, 5) is 4.63. The average Bonchev–Trinajstić information content (AvgIpc) is 3.17. The lowest BCUT2D eigenvalue weighted by Crippen LogP contribution is -2.12. The van der Waals surface area contributed by atoms with Gasteiger partial charge in [-0.3, -0.25) is 0 Å². The van der Waals surface area contributed by atoms with Crippen molar-refractivity contribution >= 4 is 15.6 Å². The number of hydrogen-bond acceptors (Lipinski definition) is 5. The molecule has 8 heteroatoms. The Labute approximate surface area is 169 Å². The minimum Gasteiger partial charge on any atom is -0.457 e. The second-order valence-electron chi connectivity index (χ2n) is 6.60. The van der Waals surface area contributed by atoms with Gasteiger partial charge in [0.15, 0.2) is 5.82 Å². The van der Waals surface area contributed by atoms with Crippen molar-refractivity contribution in [3.05, 3.63) is 84.2 Å². The van der Waals surface area contributed by atoms with E-state index in [1.165, 1.54) is 12.1 Å². The summed E-state index contributed by atoms with van der Waals surface area (Å²) in [6.07, 6.45) is 7.85. The van der Waals surface area contributed by atoms with Crippen LogP contribution in [0.2, 0.25) is 0 Å². The van der Waals surface area contributed by atoms with Crippen molar-refractivity contribution in [3.8, 4) is 11.7 Å². The second kappa shape index (κ2) is 8.02. The first-order valence-electron chi connectivity index (χ1n) is 9.14. The quantitative estimate of drug-likeness (QED) is 0.675. The van der Waals surface area contributed by atoms with Gasteiger partial charge in [-0.2, -0.15) is 4.98 Å². The van der Waals surface area contributed by atoms with Gasteiger partial charge in [-0.15, -0.1) is 5.10 Å². The Balaban J connectivity index is 1.68. The zero-order valence-corrected chi connectivity index (χ0v) is 16.4. The van der Waals surface area contributed by atoms with Crippen LogP contribution in [0.15, 0.2) is 77.7 Å². The van der Waals surface area contributed by atoms with Gasteiger partial charge in [0.05, 0.1) is 10.6 Å². The average molecular weight is 408 g/mol. The molecule has 1 aliphatic carbocycles. The molecule has 4 rings (SSSR count). The topological polar surface area (TPSA) is 100 Å². The molecule has 0 saturated heterocycles. The molecule has 0 fully saturated rings. The fraction of sp³-hybridized carbons (Fsp3) is 0.143. The van der Waals surface area contributed by atoms with Crippen molar-refractivity contribution in [2.75, 3.05) is 0 Å². The largest absolute Gasteiger partial charge is 0.457 e. The standard InChI is InChI=1S/C21H20N4O3S/c22-29(26,27)19-13-11-18(12-14-19)25-20(17-9-5-2-6-10-17)23-21(24-25)28-15-16-7-3-1-4-8-16/h1-5,7-9,11-14H,6,10,15H2,(H2,22,26,27). The highest BCUT2D eigenvalue weighted by atomic mass is 32.2. The maximum Gasteiger partial charge on any atom is 0.336 e. The predicted octanol–water partition coefficient (Wildman–Crippen LogP) is 3.23. The summed E-state index contributed by atoms with van der Waals surface area (Å²) in [5.74, 6) is 0.667. The van der Waals surface area contributed by atoms with E-state index in [1.54, 1.807) is 16.8 Å². The molecule has 148 valence electrons. The molecule has 0 amide bonds. The second-order valence-corrected chi connectivity index (χ2v) is 8.16. The van der Waals surface area contributed by atoms with Crippen LogP contribution in [0.1, 0.15) is 24.2 Å². The molecule has 0 aliphatic heterocycles. The van der Waals surface area contributed by atoms with E-state index in [2.05, 4.69) is 16.2 Å². The van der Waals surface area contributed by atoms with E-state index in [0.717, 1.165) is 24.0 Å². The van der Waals surface area contributed by atoms with Crippen LogP contribution in [-0.4, -0.2) is 23.2 Å². The molecule has 29 heavy (non-hydrogen) atoms. The van der Waals surface area contributed by atoms with Crippen LogP contribution >= 0.6 is 0 Å². The molecule has 0 radical (unpaired) electrons. The van der Waals surface area contributed by atoms with Gasteiger partial charge in [-0.25, -0.2) is 18.2 Å². The van der Waals surface area contributed by atoms with Crippen LogP contribution in [0, 0.1) is 0 Å². The van der Waals surface area contributed by atoms with Gasteiger partial charge >= 0.3 is 6.01 Å². The first kappa shape index (κ1) is 19.1. The van der Waals surface area contributed by atoms with Crippen LogP contribution in [0.25, 0.3) is 11.3 Å². The lowest BCUT2D eigenvalue weighted by atomic mass is 10.0. The van der Waals surface area contributed by atoms with Gasteiger partial charge in [0.1, 0.15) is 6.61 Å². The summed E-state index contributed by atoms with van der Waals surface area (Å²) in [6, 6.07) is 16.3. The minimum atomic E-state index is -3.76. The molecule has 1 heterocycles. The Hall–Kier alpha value is -3.23. The third-order valence-electron chi connectivity index (χ3n) is 4.51. The number of aromatic nitrogens is 3. The van der Waals surface area contributed by atoms with Gasteiger partial charge in [-0.05, 0) is 48.2 Å². The molecule has 0 unspecified atom stereocenters. The summed E-state index contributed by atoms with van der Waals surface area (Å²) in [6.45, 7) is 0.355. The van der Waals surface area contributed by atoms with Crippen molar-refractivity contribution in [2.24, 2.45) is 5.14 Å². The molecular formula is C21H20N4O3S. The first-order chi connectivity index (χ1) is 14.0. The van der Waals surface area contributed by atoms with Crippen molar-refractivity contribution in [3.63, 3.8) is 0 Å². The molecule has 7 nitrogen and oxygen atoms in total. The number of nitrogens with two attached hydrogens (primary N) is 1. The fourth-order valence-corrected chi connectivity index (χ4v) is 3.55. The Morgan fingerprint density at radius 2 is 1.83 bits per heavy atom. The molecule has 0 atom stereocenters. The van der Waals surface area contributed by atoms with Gasteiger partial charge < -0.3 is 4.74 Å². The molecule has 2 aromatic carbocycles. The van der Waals surface area contributed by atoms with Crippen LogP contribution in [0.3, 0.4) is 0 Å². The van der Waals surface area contributed by atoms with E-state index < -0.39 is 10.0 Å². The predicted molar refractivity (Wildman–Crippen MR) is 110 cm³/mol. The number of sulfonamides is 1. The smallest absolute Gasteiger partial charge is 0.336 e. The number of allylic oxidation sites excluding steroid dienone is 4. The van der Waals surface area contributed by atoms with E-state index in [9.17, 15) is 8.42 Å². The molecule has 3 aromatic rings. The highest BCUT2D eigenvalue weighted by Crippen LogP contribution is 2.26. The zero-order valence-electron chi connectivity index (χ0n) is 15.6. The highest BCUT2D eigenvalue weighted by molar-refractivity contribution is 7.89. The van der Waals surface area contributed by atoms with Crippen LogP contribution in [0.4, 0.5) is 0 Å². The lowest BCUT2D eigenvalue weighted by molar-refractivity contribution is 0.281. The summed E-state index contributed by atoms with van der Waals surface area (Å²) in [7, 11) is -3.76. The van der Waals surface area contributed by atoms with Crippen LogP contribution < -0.4 is 9.88 Å². The first-order valence-corrected chi connectivity index (χ1v) is 10.7. The number of primary sulfonamides is 1. The molecule has 0 spiro atoms. The van der Waals surface area contributed by atoms with E-state index in [0.29, 0.717) is 18.1 Å². The monoisotopic (exact) mass is 408 g/mol. The maximum atomic E-state index is 11.5. The zero-order chi connectivity index (χ0) is 20.3. The number of benzene rings is 2. The van der Waals surface area contributed by atoms with E-state index >= 15 is 0 Å². The number of hydrogen-bond donors (Lipinski definition) is 1. The summed E-state index contributed by atoms with van der Waals surface area (Å²) in [5.41, 5.74) is 2.72. The third-order valence-corrected chi connectivity index (χ3v) is 5.44. The van der Waals surface area contributed by atoms with Gasteiger partial charge in [0.2, 0.25) is 10.0 Å². The minimum absolute atomic E-state index is 0.0447. The third kappa shape index (κ3) is 4.44. The Morgan fingerprint density at radius 3 is 2.48 bits per heavy atom.